The van der Waals surface area contributed by atoms with Crippen LogP contribution in [0.5, 0.6) is 0 Å². The maximum atomic E-state index is 13.6. The van der Waals surface area contributed by atoms with Gasteiger partial charge in [0.05, 0.1) is 19.2 Å². The van der Waals surface area contributed by atoms with Crippen molar-refractivity contribution in [1.82, 2.24) is 16.0 Å². The van der Waals surface area contributed by atoms with Gasteiger partial charge in [0.1, 0.15) is 5.78 Å². The third-order valence-corrected chi connectivity index (χ3v) is 10.7. The molecular formula is C30H44N3O6PS. The van der Waals surface area contributed by atoms with Crippen LogP contribution in [0.3, 0.4) is 0 Å². The van der Waals surface area contributed by atoms with Gasteiger partial charge in [-0.05, 0) is 56.8 Å². The van der Waals surface area contributed by atoms with Crippen LogP contribution in [0.4, 0.5) is 0 Å². The van der Waals surface area contributed by atoms with Gasteiger partial charge in [-0.15, -0.1) is 25.2 Å². The minimum Gasteiger partial charge on any atom is -0.350 e. The Balaban J connectivity index is 3.09. The minimum atomic E-state index is -2.90. The van der Waals surface area contributed by atoms with Crippen molar-refractivity contribution < 1.29 is 28.6 Å². The van der Waals surface area contributed by atoms with Crippen molar-refractivity contribution in [2.45, 2.75) is 108 Å². The first kappa shape index (κ1) is 36.4. The standard InChI is InChI=1S/C30H44N3O6PS/c1-6-9-10-25(34)15-18-30(19-16-27(35)31-21-7-2,20-17-28(36)32-22-8-3)33-29(37)24-11-13-26(14-12-24)39-40(38,41)23(4)5/h1-3,23-24,26H,9-22H2,4-5H3,(H,31,35)(H,32,36)(H,33,37)(H,38,41). The van der Waals surface area contributed by atoms with Gasteiger partial charge in [-0.2, -0.15) is 0 Å². The van der Waals surface area contributed by atoms with Gasteiger partial charge in [0.15, 0.2) is 6.49 Å². The smallest absolute Gasteiger partial charge is 0.223 e. The first-order valence-electron chi connectivity index (χ1n) is 14.1. The highest BCUT2D eigenvalue weighted by atomic mass is 32.5. The molecule has 0 spiro atoms. The Morgan fingerprint density at radius 1 is 0.902 bits per heavy atom. The van der Waals surface area contributed by atoms with Crippen LogP contribution >= 0.6 is 6.49 Å². The van der Waals surface area contributed by atoms with Crippen molar-refractivity contribution in [2.24, 2.45) is 5.92 Å². The summed E-state index contributed by atoms with van der Waals surface area (Å²) >= 11 is 5.27. The SMILES string of the molecule is C#CCCC(=O)CCC(CCC(=O)NCC#C)(CCC(=O)NCC#C)NC(=O)C1CCC(OP(O)(=S)C(C)C)CC1. The highest BCUT2D eigenvalue weighted by Gasteiger charge is 2.37. The number of terminal acetylenes is 3. The molecule has 0 aromatic heterocycles. The van der Waals surface area contributed by atoms with Crippen LogP contribution in [0.25, 0.3) is 0 Å². The van der Waals surface area contributed by atoms with Crippen LogP contribution in [0.15, 0.2) is 0 Å². The van der Waals surface area contributed by atoms with Crippen molar-refractivity contribution >= 4 is 41.8 Å². The number of nitrogens with one attached hydrogen (secondary N) is 3. The predicted octanol–water partition coefficient (Wildman–Crippen LogP) is 2.95. The molecule has 1 aliphatic rings. The van der Waals surface area contributed by atoms with E-state index < -0.39 is 12.0 Å². The van der Waals surface area contributed by atoms with Crippen LogP contribution in [-0.2, 0) is 35.5 Å². The number of rotatable bonds is 18. The third kappa shape index (κ3) is 14.2. The second kappa shape index (κ2) is 18.7. The van der Waals surface area contributed by atoms with E-state index in [-0.39, 0.29) is 99.2 Å². The molecule has 1 saturated carbocycles. The first-order valence-corrected chi connectivity index (χ1v) is 16.8. The van der Waals surface area contributed by atoms with Gasteiger partial charge in [0, 0.05) is 49.2 Å². The molecule has 0 bridgehead atoms. The molecule has 11 heteroatoms. The maximum Gasteiger partial charge on any atom is 0.223 e. The van der Waals surface area contributed by atoms with Crippen molar-refractivity contribution in [2.75, 3.05) is 13.1 Å². The molecule has 226 valence electrons. The molecule has 0 heterocycles. The predicted molar refractivity (Wildman–Crippen MR) is 164 cm³/mol. The number of ketones is 1. The molecule has 1 rings (SSSR count). The van der Waals surface area contributed by atoms with Gasteiger partial charge in [-0.25, -0.2) is 0 Å². The fourth-order valence-electron chi connectivity index (χ4n) is 4.59. The summed E-state index contributed by atoms with van der Waals surface area (Å²) < 4.78 is 5.84. The summed E-state index contributed by atoms with van der Waals surface area (Å²) in [7, 11) is 0. The number of amides is 3. The van der Waals surface area contributed by atoms with E-state index in [0.717, 1.165) is 0 Å². The average molecular weight is 606 g/mol. The normalized spacial score (nSPS) is 18.2. The van der Waals surface area contributed by atoms with Gasteiger partial charge in [-0.1, -0.05) is 25.7 Å². The summed E-state index contributed by atoms with van der Waals surface area (Å²) in [6, 6.07) is 0. The lowest BCUT2D eigenvalue weighted by Crippen LogP contribution is -2.52. The molecule has 0 aromatic rings. The molecule has 41 heavy (non-hydrogen) atoms. The van der Waals surface area contributed by atoms with E-state index in [1.807, 2.05) is 13.8 Å². The lowest BCUT2D eigenvalue weighted by Gasteiger charge is -2.38. The highest BCUT2D eigenvalue weighted by molar-refractivity contribution is 8.09. The molecule has 9 nitrogen and oxygen atoms in total. The zero-order valence-electron chi connectivity index (χ0n) is 24.2. The summed E-state index contributed by atoms with van der Waals surface area (Å²) in [5.41, 5.74) is -1.15. The Labute approximate surface area is 250 Å². The van der Waals surface area contributed by atoms with Crippen LogP contribution in [0, 0.1) is 42.9 Å². The van der Waals surface area contributed by atoms with Gasteiger partial charge >= 0.3 is 0 Å². The molecule has 1 atom stereocenters. The topological polar surface area (TPSA) is 134 Å². The van der Waals surface area contributed by atoms with Gasteiger partial charge in [0.2, 0.25) is 17.7 Å². The van der Waals surface area contributed by atoms with E-state index in [1.54, 1.807) is 0 Å². The van der Waals surface area contributed by atoms with E-state index >= 15 is 0 Å². The van der Waals surface area contributed by atoms with Crippen LogP contribution in [0.1, 0.15) is 90.9 Å². The zero-order chi connectivity index (χ0) is 30.9. The van der Waals surface area contributed by atoms with Crippen molar-refractivity contribution in [3.05, 3.63) is 0 Å². The van der Waals surface area contributed by atoms with Gasteiger partial charge < -0.3 is 25.4 Å². The lowest BCUT2D eigenvalue weighted by molar-refractivity contribution is -0.131. The molecule has 1 unspecified atom stereocenters. The highest BCUT2D eigenvalue weighted by Crippen LogP contribution is 2.50. The van der Waals surface area contributed by atoms with Crippen LogP contribution in [-0.4, -0.2) is 58.8 Å². The van der Waals surface area contributed by atoms with E-state index in [2.05, 4.69) is 33.7 Å². The lowest BCUT2D eigenvalue weighted by atomic mass is 9.80. The van der Waals surface area contributed by atoms with Crippen LogP contribution in [0.2, 0.25) is 0 Å². The molecule has 0 aromatic carbocycles. The zero-order valence-corrected chi connectivity index (χ0v) is 25.9. The van der Waals surface area contributed by atoms with E-state index in [9.17, 15) is 24.1 Å². The average Bonchev–Trinajstić information content (AvgIpc) is 2.94. The number of Topliss-reactive ketones (excluding diaryl/α,β-unsaturated/α-hetero) is 1. The van der Waals surface area contributed by atoms with E-state index in [0.29, 0.717) is 32.1 Å². The fourth-order valence-corrected chi connectivity index (χ4v) is 5.84. The Morgan fingerprint density at radius 2 is 1.41 bits per heavy atom. The largest absolute Gasteiger partial charge is 0.350 e. The molecule has 0 aliphatic heterocycles. The minimum absolute atomic E-state index is 0.0450. The quantitative estimate of drug-likeness (QED) is 0.139. The van der Waals surface area contributed by atoms with Crippen molar-refractivity contribution in [1.29, 1.82) is 0 Å². The van der Waals surface area contributed by atoms with Gasteiger partial charge in [-0.3, -0.25) is 19.2 Å². The molecule has 0 radical (unpaired) electrons. The molecule has 3 amide bonds. The van der Waals surface area contributed by atoms with E-state index in [4.69, 9.17) is 35.6 Å². The van der Waals surface area contributed by atoms with E-state index in [1.165, 1.54) is 0 Å². The summed E-state index contributed by atoms with van der Waals surface area (Å²) in [5, 5.41) is 8.38. The summed E-state index contributed by atoms with van der Waals surface area (Å²) in [6.07, 6.45) is 19.2. The molecular weight excluding hydrogens is 561 g/mol. The fraction of sp³-hybridized carbons (Fsp3) is 0.667. The summed E-state index contributed by atoms with van der Waals surface area (Å²) in [6.45, 7) is 0.898. The monoisotopic (exact) mass is 605 g/mol. The summed E-state index contributed by atoms with van der Waals surface area (Å²) in [4.78, 5) is 61.5. The van der Waals surface area contributed by atoms with Crippen molar-refractivity contribution in [3.63, 3.8) is 0 Å². The Bertz CT molecular complexity index is 996. The molecule has 0 saturated heterocycles. The van der Waals surface area contributed by atoms with Gasteiger partial charge in [0.25, 0.3) is 0 Å². The number of hydrogen-bond acceptors (Lipinski definition) is 6. The number of carbonyl (C=O) groups excluding carboxylic acids is 4. The molecule has 1 fully saturated rings. The Hall–Kier alpha value is -2.67. The first-order chi connectivity index (χ1) is 19.4. The van der Waals surface area contributed by atoms with Crippen molar-refractivity contribution in [3.8, 4) is 37.0 Å². The van der Waals surface area contributed by atoms with Crippen LogP contribution < -0.4 is 16.0 Å². The Morgan fingerprint density at radius 3 is 1.88 bits per heavy atom. The molecule has 1 aliphatic carbocycles. The second-order valence-corrected chi connectivity index (χ2v) is 14.7. The number of carbonyl (C=O) groups is 4. The third-order valence-electron chi connectivity index (χ3n) is 7.25. The second-order valence-electron chi connectivity index (χ2n) is 10.7. The maximum absolute atomic E-state index is 13.6. The Kier molecular flexibility index (Phi) is 16.6. The number of hydrogen-bond donors (Lipinski definition) is 4. The summed E-state index contributed by atoms with van der Waals surface area (Å²) in [5.74, 6) is 5.98. The molecule has 4 N–H and O–H groups in total.